The molecule has 0 radical (unpaired) electrons. The van der Waals surface area contributed by atoms with Gasteiger partial charge in [0, 0.05) is 53.3 Å². The summed E-state index contributed by atoms with van der Waals surface area (Å²) in [7, 11) is 3.54. The summed E-state index contributed by atoms with van der Waals surface area (Å²) in [4.78, 5) is 4.29. The number of ether oxygens (including phenoxy) is 4. The fourth-order valence-corrected chi connectivity index (χ4v) is 3.08. The van der Waals surface area contributed by atoms with E-state index >= 15 is 0 Å². The van der Waals surface area contributed by atoms with Crippen LogP contribution in [-0.4, -0.2) is 58.8 Å². The summed E-state index contributed by atoms with van der Waals surface area (Å²) >= 11 is 0. The average molecular weight is 477 g/mol. The lowest BCUT2D eigenvalue weighted by atomic mass is 9.94. The molecule has 1 saturated heterocycles. The number of hydrogen-bond donors (Lipinski definition) is 2. The Hall–Kier alpha value is -1.26. The van der Waals surface area contributed by atoms with Gasteiger partial charge in [-0.2, -0.15) is 0 Å². The topological polar surface area (TPSA) is 73.3 Å². The van der Waals surface area contributed by atoms with Gasteiger partial charge in [-0.3, -0.25) is 4.99 Å². The van der Waals surface area contributed by atoms with Crippen molar-refractivity contribution in [2.45, 2.75) is 24.9 Å². The molecule has 0 aliphatic carbocycles. The maximum atomic E-state index is 5.74. The minimum absolute atomic E-state index is 0. The maximum absolute atomic E-state index is 5.74. The third-order valence-corrected chi connectivity index (χ3v) is 4.78. The first-order chi connectivity index (χ1) is 12.2. The second-order valence-electron chi connectivity index (χ2n) is 6.29. The van der Waals surface area contributed by atoms with Gasteiger partial charge in [0.15, 0.2) is 17.5 Å². The van der Waals surface area contributed by atoms with Crippen molar-refractivity contribution >= 4 is 29.9 Å². The SMILES string of the molecule is CN=C(NCCc1ccc2c(c1)OCO2)NCC1(OC)CCOCC1.I. The molecule has 0 bridgehead atoms. The predicted molar refractivity (Wildman–Crippen MR) is 111 cm³/mol. The first-order valence-electron chi connectivity index (χ1n) is 8.71. The van der Waals surface area contributed by atoms with E-state index in [4.69, 9.17) is 18.9 Å². The monoisotopic (exact) mass is 477 g/mol. The second kappa shape index (κ2) is 10.2. The van der Waals surface area contributed by atoms with E-state index in [2.05, 4.69) is 21.7 Å². The molecule has 0 amide bonds. The van der Waals surface area contributed by atoms with Crippen LogP contribution in [0.3, 0.4) is 0 Å². The predicted octanol–water partition coefficient (Wildman–Crippen LogP) is 1.94. The molecule has 0 aromatic heterocycles. The summed E-state index contributed by atoms with van der Waals surface area (Å²) in [6.45, 7) is 3.29. The van der Waals surface area contributed by atoms with E-state index in [0.29, 0.717) is 6.79 Å². The minimum Gasteiger partial charge on any atom is -0.454 e. The summed E-state index contributed by atoms with van der Waals surface area (Å²) in [5.74, 6) is 2.42. The molecule has 1 aromatic rings. The van der Waals surface area contributed by atoms with Crippen molar-refractivity contribution in [3.8, 4) is 11.5 Å². The maximum Gasteiger partial charge on any atom is 0.231 e. The van der Waals surface area contributed by atoms with Crippen molar-refractivity contribution in [2.24, 2.45) is 4.99 Å². The first kappa shape index (κ1) is 21.0. The van der Waals surface area contributed by atoms with Crippen LogP contribution in [0.5, 0.6) is 11.5 Å². The van der Waals surface area contributed by atoms with E-state index in [0.717, 1.165) is 63.0 Å². The van der Waals surface area contributed by atoms with Crippen molar-refractivity contribution in [3.05, 3.63) is 23.8 Å². The highest BCUT2D eigenvalue weighted by Gasteiger charge is 2.32. The van der Waals surface area contributed by atoms with Crippen molar-refractivity contribution < 1.29 is 18.9 Å². The van der Waals surface area contributed by atoms with E-state index in [1.807, 2.05) is 12.1 Å². The molecule has 26 heavy (non-hydrogen) atoms. The van der Waals surface area contributed by atoms with Gasteiger partial charge >= 0.3 is 0 Å². The van der Waals surface area contributed by atoms with Gasteiger partial charge in [-0.1, -0.05) is 6.07 Å². The van der Waals surface area contributed by atoms with E-state index in [9.17, 15) is 0 Å². The van der Waals surface area contributed by atoms with Crippen LogP contribution in [0, 0.1) is 0 Å². The Bertz CT molecular complexity index is 606. The Morgan fingerprint density at radius 2 is 1.96 bits per heavy atom. The standard InChI is InChI=1S/C18H27N3O4.HI/c1-19-17(21-12-18(22-2)6-9-23-10-7-18)20-8-5-14-3-4-15-16(11-14)25-13-24-15;/h3-4,11H,5-10,12-13H2,1-2H3,(H2,19,20,21);1H. The highest BCUT2D eigenvalue weighted by atomic mass is 127. The lowest BCUT2D eigenvalue weighted by molar-refractivity contribution is -0.0855. The van der Waals surface area contributed by atoms with Crippen LogP contribution in [-0.2, 0) is 15.9 Å². The molecule has 1 aromatic carbocycles. The van der Waals surface area contributed by atoms with Crippen LogP contribution >= 0.6 is 24.0 Å². The third-order valence-electron chi connectivity index (χ3n) is 4.78. The Balaban J connectivity index is 0.00000243. The van der Waals surface area contributed by atoms with Gasteiger partial charge in [0.2, 0.25) is 6.79 Å². The Labute approximate surface area is 171 Å². The lowest BCUT2D eigenvalue weighted by Crippen LogP contribution is -2.51. The summed E-state index contributed by atoms with van der Waals surface area (Å²) in [6, 6.07) is 6.05. The van der Waals surface area contributed by atoms with E-state index in [1.165, 1.54) is 5.56 Å². The molecular weight excluding hydrogens is 449 g/mol. The molecular formula is C18H28IN3O4. The number of rotatable bonds is 6. The fourth-order valence-electron chi connectivity index (χ4n) is 3.08. The summed E-state index contributed by atoms with van der Waals surface area (Å²) in [5.41, 5.74) is 1.03. The van der Waals surface area contributed by atoms with Gasteiger partial charge in [-0.25, -0.2) is 0 Å². The molecule has 146 valence electrons. The number of methoxy groups -OCH3 is 1. The van der Waals surface area contributed by atoms with Gasteiger partial charge in [-0.05, 0) is 24.1 Å². The zero-order valence-electron chi connectivity index (χ0n) is 15.4. The molecule has 1 fully saturated rings. The average Bonchev–Trinajstić information content (AvgIpc) is 3.13. The van der Waals surface area contributed by atoms with Gasteiger partial charge in [-0.15, -0.1) is 24.0 Å². The lowest BCUT2D eigenvalue weighted by Gasteiger charge is -2.36. The summed E-state index contributed by atoms with van der Waals surface area (Å²) in [5, 5.41) is 6.72. The van der Waals surface area contributed by atoms with Crippen molar-refractivity contribution in [3.63, 3.8) is 0 Å². The number of halogens is 1. The number of nitrogens with one attached hydrogen (secondary N) is 2. The van der Waals surface area contributed by atoms with Gasteiger partial charge < -0.3 is 29.6 Å². The number of nitrogens with zero attached hydrogens (tertiary/aromatic N) is 1. The van der Waals surface area contributed by atoms with Crippen molar-refractivity contribution in [1.29, 1.82) is 0 Å². The second-order valence-corrected chi connectivity index (χ2v) is 6.29. The fraction of sp³-hybridized carbons (Fsp3) is 0.611. The minimum atomic E-state index is -0.173. The molecule has 2 heterocycles. The van der Waals surface area contributed by atoms with Gasteiger partial charge in [0.25, 0.3) is 0 Å². The first-order valence-corrected chi connectivity index (χ1v) is 8.71. The van der Waals surface area contributed by atoms with Gasteiger partial charge in [0.1, 0.15) is 0 Å². The highest BCUT2D eigenvalue weighted by Crippen LogP contribution is 2.32. The van der Waals surface area contributed by atoms with Crippen LogP contribution in [0.15, 0.2) is 23.2 Å². The Kier molecular flexibility index (Phi) is 8.23. The smallest absolute Gasteiger partial charge is 0.231 e. The van der Waals surface area contributed by atoms with Crippen LogP contribution in [0.1, 0.15) is 18.4 Å². The molecule has 0 spiro atoms. The molecule has 0 saturated carbocycles. The quantitative estimate of drug-likeness (QED) is 0.371. The van der Waals surface area contributed by atoms with E-state index in [1.54, 1.807) is 14.2 Å². The van der Waals surface area contributed by atoms with Crippen molar-refractivity contribution in [1.82, 2.24) is 10.6 Å². The zero-order chi connectivity index (χ0) is 17.5. The molecule has 8 heteroatoms. The van der Waals surface area contributed by atoms with Crippen LogP contribution < -0.4 is 20.1 Å². The number of hydrogen-bond acceptors (Lipinski definition) is 5. The van der Waals surface area contributed by atoms with Crippen LogP contribution in [0.4, 0.5) is 0 Å². The third kappa shape index (κ3) is 5.37. The van der Waals surface area contributed by atoms with E-state index < -0.39 is 0 Å². The molecule has 0 unspecified atom stereocenters. The number of benzene rings is 1. The molecule has 2 aliphatic rings. The van der Waals surface area contributed by atoms with Crippen LogP contribution in [0.2, 0.25) is 0 Å². The molecule has 0 atom stereocenters. The zero-order valence-corrected chi connectivity index (χ0v) is 17.7. The number of guanidine groups is 1. The van der Waals surface area contributed by atoms with E-state index in [-0.39, 0.29) is 29.6 Å². The van der Waals surface area contributed by atoms with Gasteiger partial charge in [0.05, 0.1) is 5.60 Å². The molecule has 2 aliphatic heterocycles. The molecule has 7 nitrogen and oxygen atoms in total. The molecule has 2 N–H and O–H groups in total. The van der Waals surface area contributed by atoms with Crippen molar-refractivity contribution in [2.75, 3.05) is 47.3 Å². The number of fused-ring (bicyclic) bond motifs is 1. The largest absolute Gasteiger partial charge is 0.454 e. The van der Waals surface area contributed by atoms with Crippen LogP contribution in [0.25, 0.3) is 0 Å². The summed E-state index contributed by atoms with van der Waals surface area (Å²) < 4.78 is 21.9. The Morgan fingerprint density at radius 3 is 2.69 bits per heavy atom. The summed E-state index contributed by atoms with van der Waals surface area (Å²) in [6.07, 6.45) is 2.66. The highest BCUT2D eigenvalue weighted by molar-refractivity contribution is 14.0. The number of aliphatic imine (C=N–C) groups is 1. The Morgan fingerprint density at radius 1 is 1.19 bits per heavy atom. The normalized spacial score (nSPS) is 18.2. The molecule has 3 rings (SSSR count).